The van der Waals surface area contributed by atoms with Gasteiger partial charge in [-0.15, -0.1) is 0 Å². The van der Waals surface area contributed by atoms with Crippen LogP contribution in [0.15, 0.2) is 24.3 Å². The molecule has 3 nitrogen and oxygen atoms in total. The third kappa shape index (κ3) is 5.64. The van der Waals surface area contributed by atoms with Gasteiger partial charge in [0.25, 0.3) is 0 Å². The van der Waals surface area contributed by atoms with Crippen LogP contribution in [0.2, 0.25) is 0 Å². The van der Waals surface area contributed by atoms with Gasteiger partial charge in [-0.25, -0.2) is 0 Å². The third-order valence-electron chi connectivity index (χ3n) is 3.84. The van der Waals surface area contributed by atoms with Gasteiger partial charge in [-0.05, 0) is 30.0 Å². The number of hydrogen-bond donors (Lipinski definition) is 1. The normalized spacial score (nSPS) is 10.7. The summed E-state index contributed by atoms with van der Waals surface area (Å²) in [6.07, 6.45) is 3.63. The highest BCUT2D eigenvalue weighted by Gasteiger charge is 2.07. The second-order valence-corrected chi connectivity index (χ2v) is 5.55. The fourth-order valence-corrected chi connectivity index (χ4v) is 2.14. The largest absolute Gasteiger partial charge is 0.378 e. The van der Waals surface area contributed by atoms with Gasteiger partial charge in [0.05, 0.1) is 0 Å². The van der Waals surface area contributed by atoms with Crippen molar-refractivity contribution < 1.29 is 4.79 Å². The van der Waals surface area contributed by atoms with Crippen molar-refractivity contribution in [3.63, 3.8) is 0 Å². The summed E-state index contributed by atoms with van der Waals surface area (Å²) in [7, 11) is 4.06. The van der Waals surface area contributed by atoms with Gasteiger partial charge >= 0.3 is 0 Å². The molecule has 1 aromatic rings. The number of nitrogens with one attached hydrogen (secondary N) is 1. The quantitative estimate of drug-likeness (QED) is 0.790. The van der Waals surface area contributed by atoms with Crippen molar-refractivity contribution in [2.24, 2.45) is 5.92 Å². The summed E-state index contributed by atoms with van der Waals surface area (Å²) in [5.74, 6) is 0.770. The predicted octanol–water partition coefficient (Wildman–Crippen LogP) is 3.24. The Hall–Kier alpha value is -1.51. The van der Waals surface area contributed by atoms with E-state index in [0.29, 0.717) is 12.3 Å². The Morgan fingerprint density at radius 2 is 1.75 bits per heavy atom. The zero-order valence-electron chi connectivity index (χ0n) is 13.3. The molecule has 0 aliphatic rings. The number of amides is 1. The molecule has 0 aliphatic heterocycles. The second-order valence-electron chi connectivity index (χ2n) is 5.55. The Labute approximate surface area is 123 Å². The highest BCUT2D eigenvalue weighted by Crippen LogP contribution is 2.13. The lowest BCUT2D eigenvalue weighted by Gasteiger charge is -2.14. The number of aryl methyl sites for hydroxylation is 1. The average Bonchev–Trinajstić information content (AvgIpc) is 2.46. The van der Waals surface area contributed by atoms with E-state index >= 15 is 0 Å². The van der Waals surface area contributed by atoms with Gasteiger partial charge in [0.15, 0.2) is 0 Å². The SMILES string of the molecule is CCC(CC)CNC(=O)CCc1ccc(N(C)C)cc1. The molecule has 0 radical (unpaired) electrons. The fraction of sp³-hybridized carbons (Fsp3) is 0.588. The van der Waals surface area contributed by atoms with Crippen LogP contribution in [-0.2, 0) is 11.2 Å². The number of hydrogen-bond acceptors (Lipinski definition) is 2. The lowest BCUT2D eigenvalue weighted by atomic mass is 10.0. The van der Waals surface area contributed by atoms with Crippen LogP contribution in [0.3, 0.4) is 0 Å². The minimum Gasteiger partial charge on any atom is -0.378 e. The molecule has 1 amide bonds. The van der Waals surface area contributed by atoms with E-state index in [0.717, 1.165) is 25.8 Å². The van der Waals surface area contributed by atoms with Crippen LogP contribution in [-0.4, -0.2) is 26.5 Å². The molecule has 20 heavy (non-hydrogen) atoms. The molecule has 0 aliphatic carbocycles. The van der Waals surface area contributed by atoms with Crippen molar-refractivity contribution in [1.82, 2.24) is 5.32 Å². The molecule has 0 aromatic heterocycles. The first-order chi connectivity index (χ1) is 9.56. The molecule has 1 rings (SSSR count). The van der Waals surface area contributed by atoms with E-state index < -0.39 is 0 Å². The first kappa shape index (κ1) is 16.5. The molecule has 0 heterocycles. The minimum absolute atomic E-state index is 0.161. The Morgan fingerprint density at radius 3 is 2.25 bits per heavy atom. The van der Waals surface area contributed by atoms with Crippen molar-refractivity contribution in [2.45, 2.75) is 39.5 Å². The Kier molecular flexibility index (Phi) is 7.13. The van der Waals surface area contributed by atoms with Crippen molar-refractivity contribution in [3.8, 4) is 0 Å². The summed E-state index contributed by atoms with van der Waals surface area (Å²) in [4.78, 5) is 13.9. The molecule has 0 unspecified atom stereocenters. The summed E-state index contributed by atoms with van der Waals surface area (Å²) in [5.41, 5.74) is 2.40. The highest BCUT2D eigenvalue weighted by atomic mass is 16.1. The number of benzene rings is 1. The molecule has 0 saturated heterocycles. The number of carbonyl (C=O) groups excluding carboxylic acids is 1. The third-order valence-corrected chi connectivity index (χ3v) is 3.84. The van der Waals surface area contributed by atoms with Crippen molar-refractivity contribution >= 4 is 11.6 Å². The van der Waals surface area contributed by atoms with Gasteiger partial charge in [-0.2, -0.15) is 0 Å². The topological polar surface area (TPSA) is 32.3 Å². The van der Waals surface area contributed by atoms with E-state index in [2.05, 4.69) is 48.3 Å². The molecular formula is C17H28N2O. The van der Waals surface area contributed by atoms with Crippen LogP contribution < -0.4 is 10.2 Å². The van der Waals surface area contributed by atoms with Crippen LogP contribution in [0.25, 0.3) is 0 Å². The van der Waals surface area contributed by atoms with E-state index in [1.165, 1.54) is 11.3 Å². The zero-order valence-corrected chi connectivity index (χ0v) is 13.3. The van der Waals surface area contributed by atoms with Gasteiger partial charge in [-0.3, -0.25) is 4.79 Å². The maximum atomic E-state index is 11.8. The van der Waals surface area contributed by atoms with E-state index in [4.69, 9.17) is 0 Å². The number of rotatable bonds is 8. The second kappa shape index (κ2) is 8.62. The van der Waals surface area contributed by atoms with E-state index in [-0.39, 0.29) is 5.91 Å². The monoisotopic (exact) mass is 276 g/mol. The molecule has 1 N–H and O–H groups in total. The minimum atomic E-state index is 0.161. The van der Waals surface area contributed by atoms with Crippen molar-refractivity contribution in [3.05, 3.63) is 29.8 Å². The lowest BCUT2D eigenvalue weighted by molar-refractivity contribution is -0.121. The first-order valence-electron chi connectivity index (χ1n) is 7.59. The van der Waals surface area contributed by atoms with Gasteiger partial charge in [-0.1, -0.05) is 38.8 Å². The summed E-state index contributed by atoms with van der Waals surface area (Å²) in [5, 5.41) is 3.04. The number of nitrogens with zero attached hydrogens (tertiary/aromatic N) is 1. The molecule has 0 fully saturated rings. The standard InChI is InChI=1S/C17H28N2O/c1-5-14(6-2)13-18-17(20)12-9-15-7-10-16(11-8-15)19(3)4/h7-8,10-11,14H,5-6,9,12-13H2,1-4H3,(H,18,20). The molecule has 0 spiro atoms. The van der Waals surface area contributed by atoms with Crippen LogP contribution >= 0.6 is 0 Å². The van der Waals surface area contributed by atoms with Crippen LogP contribution in [0.1, 0.15) is 38.7 Å². The Bertz CT molecular complexity index is 394. The molecule has 0 atom stereocenters. The van der Waals surface area contributed by atoms with Crippen LogP contribution in [0.5, 0.6) is 0 Å². The van der Waals surface area contributed by atoms with Crippen molar-refractivity contribution in [1.29, 1.82) is 0 Å². The maximum absolute atomic E-state index is 11.8. The smallest absolute Gasteiger partial charge is 0.220 e. The summed E-state index contributed by atoms with van der Waals surface area (Å²) < 4.78 is 0. The molecule has 0 bridgehead atoms. The molecule has 0 saturated carbocycles. The van der Waals surface area contributed by atoms with E-state index in [9.17, 15) is 4.79 Å². The average molecular weight is 276 g/mol. The number of carbonyl (C=O) groups is 1. The predicted molar refractivity (Wildman–Crippen MR) is 86.2 cm³/mol. The summed E-state index contributed by atoms with van der Waals surface area (Å²) >= 11 is 0. The zero-order chi connectivity index (χ0) is 15.0. The van der Waals surface area contributed by atoms with Crippen LogP contribution in [0.4, 0.5) is 5.69 Å². The van der Waals surface area contributed by atoms with E-state index in [1.807, 2.05) is 14.1 Å². The Morgan fingerprint density at radius 1 is 1.15 bits per heavy atom. The molecule has 112 valence electrons. The van der Waals surface area contributed by atoms with Crippen LogP contribution in [0, 0.1) is 5.92 Å². The molecule has 3 heteroatoms. The summed E-state index contributed by atoms with van der Waals surface area (Å²) in [6, 6.07) is 8.39. The van der Waals surface area contributed by atoms with Gasteiger partial charge in [0.2, 0.25) is 5.91 Å². The van der Waals surface area contributed by atoms with Gasteiger partial charge < -0.3 is 10.2 Å². The maximum Gasteiger partial charge on any atom is 0.220 e. The summed E-state index contributed by atoms with van der Waals surface area (Å²) in [6.45, 7) is 5.16. The first-order valence-corrected chi connectivity index (χ1v) is 7.59. The Balaban J connectivity index is 2.33. The number of anilines is 1. The molecular weight excluding hydrogens is 248 g/mol. The highest BCUT2D eigenvalue weighted by molar-refractivity contribution is 5.76. The fourth-order valence-electron chi connectivity index (χ4n) is 2.14. The van der Waals surface area contributed by atoms with Gasteiger partial charge in [0.1, 0.15) is 0 Å². The van der Waals surface area contributed by atoms with Gasteiger partial charge in [0, 0.05) is 32.7 Å². The van der Waals surface area contributed by atoms with Crippen molar-refractivity contribution in [2.75, 3.05) is 25.5 Å². The molecule has 1 aromatic carbocycles. The van der Waals surface area contributed by atoms with E-state index in [1.54, 1.807) is 0 Å². The lowest BCUT2D eigenvalue weighted by Crippen LogP contribution is -2.29.